The van der Waals surface area contributed by atoms with E-state index in [0.29, 0.717) is 28.5 Å². The molecule has 0 aliphatic carbocycles. The molecule has 0 bridgehead atoms. The maximum atomic E-state index is 11.8. The molecule has 2 aromatic heterocycles. The van der Waals surface area contributed by atoms with Crippen molar-refractivity contribution in [3.63, 3.8) is 0 Å². The number of aromatic nitrogens is 4. The van der Waals surface area contributed by atoms with Gasteiger partial charge in [0.15, 0.2) is 0 Å². The summed E-state index contributed by atoms with van der Waals surface area (Å²) in [6.45, 7) is 0. The summed E-state index contributed by atoms with van der Waals surface area (Å²) in [4.78, 5) is 12.3. The van der Waals surface area contributed by atoms with Crippen LogP contribution in [0.5, 0.6) is 0 Å². The van der Waals surface area contributed by atoms with Crippen LogP contribution in [0.25, 0.3) is 44.8 Å². The Morgan fingerprint density at radius 3 is 1.58 bits per heavy atom. The van der Waals surface area contributed by atoms with E-state index in [1.54, 1.807) is 30.3 Å². The van der Waals surface area contributed by atoms with Gasteiger partial charge in [-0.15, -0.1) is 0 Å². The molecule has 0 aliphatic rings. The number of benzene rings is 3. The molecule has 0 saturated carbocycles. The number of para-hydroxylation sites is 1. The van der Waals surface area contributed by atoms with Gasteiger partial charge in [0.25, 0.3) is 30.4 Å². The summed E-state index contributed by atoms with van der Waals surface area (Å²) >= 11 is 0. The van der Waals surface area contributed by atoms with Gasteiger partial charge in [-0.1, -0.05) is 30.3 Å². The molecule has 13 nitrogen and oxygen atoms in total. The van der Waals surface area contributed by atoms with Crippen LogP contribution in [0.15, 0.2) is 69.3 Å². The highest BCUT2D eigenvalue weighted by molar-refractivity contribution is 7.87. The van der Waals surface area contributed by atoms with Gasteiger partial charge in [0.05, 0.1) is 15.9 Å². The zero-order chi connectivity index (χ0) is 26.0. The summed E-state index contributed by atoms with van der Waals surface area (Å²) in [6, 6.07) is 12.2. The first-order chi connectivity index (χ1) is 16.7. The Morgan fingerprint density at radius 2 is 1.08 bits per heavy atom. The lowest BCUT2D eigenvalue weighted by atomic mass is 10.1. The molecule has 5 N–H and O–H groups in total. The smallest absolute Gasteiger partial charge is 0.296 e. The number of hydrogen-bond donors (Lipinski definition) is 5. The zero-order valence-electron chi connectivity index (χ0n) is 17.6. The second kappa shape index (κ2) is 7.92. The second-order valence-corrected chi connectivity index (χ2v) is 11.8. The van der Waals surface area contributed by atoms with Crippen LogP contribution in [0.1, 0.15) is 0 Å². The third-order valence-corrected chi connectivity index (χ3v) is 7.87. The van der Waals surface area contributed by atoms with Gasteiger partial charge in [-0.2, -0.15) is 25.3 Å². The van der Waals surface area contributed by atoms with Crippen molar-refractivity contribution in [1.29, 1.82) is 0 Å². The van der Waals surface area contributed by atoms with Crippen molar-refractivity contribution in [1.82, 2.24) is 19.9 Å². The highest BCUT2D eigenvalue weighted by atomic mass is 32.2. The molecule has 186 valence electrons. The Bertz CT molecular complexity index is 2010. The van der Waals surface area contributed by atoms with Crippen LogP contribution < -0.4 is 0 Å². The first-order valence-electron chi connectivity index (χ1n) is 9.77. The molecular weight excluding hydrogens is 536 g/mol. The van der Waals surface area contributed by atoms with Crippen molar-refractivity contribution in [2.45, 2.75) is 14.7 Å². The summed E-state index contributed by atoms with van der Waals surface area (Å²) in [7, 11) is -14.2. The molecule has 5 aromatic rings. The predicted octanol–water partition coefficient (Wildman–Crippen LogP) is 2.51. The number of nitrogens with zero attached hydrogens (tertiary/aromatic N) is 2. The summed E-state index contributed by atoms with van der Waals surface area (Å²) in [5.74, 6) is 0.441. The van der Waals surface area contributed by atoms with Gasteiger partial charge in [-0.25, -0.2) is 9.97 Å². The number of H-pyrrole nitrogens is 2. The molecule has 16 heteroatoms. The molecule has 0 radical (unpaired) electrons. The average Bonchev–Trinajstić information content (AvgIpc) is 3.40. The third-order valence-electron chi connectivity index (χ3n) is 5.29. The Kier molecular flexibility index (Phi) is 5.29. The molecule has 0 atom stereocenters. The predicted molar refractivity (Wildman–Crippen MR) is 126 cm³/mol. The van der Waals surface area contributed by atoms with Gasteiger partial charge in [-0.05, 0) is 24.3 Å². The molecule has 2 heterocycles. The summed E-state index contributed by atoms with van der Waals surface area (Å²) in [6.07, 6.45) is 0. The van der Waals surface area contributed by atoms with Crippen molar-refractivity contribution in [3.8, 4) is 22.8 Å². The number of aromatic amines is 2. The topological polar surface area (TPSA) is 220 Å². The first kappa shape index (κ1) is 24.0. The van der Waals surface area contributed by atoms with Gasteiger partial charge in [0.1, 0.15) is 32.5 Å². The molecule has 0 fully saturated rings. The van der Waals surface area contributed by atoms with Crippen molar-refractivity contribution in [3.05, 3.63) is 54.6 Å². The summed E-state index contributed by atoms with van der Waals surface area (Å²) in [5.41, 5.74) is 1.13. The van der Waals surface area contributed by atoms with Gasteiger partial charge < -0.3 is 9.97 Å². The molecule has 0 saturated heterocycles. The monoisotopic (exact) mass is 550 g/mol. The van der Waals surface area contributed by atoms with Crippen LogP contribution in [0.2, 0.25) is 0 Å². The zero-order valence-corrected chi connectivity index (χ0v) is 20.1. The molecular formula is C20H14N4O9S3. The number of rotatable bonds is 5. The highest BCUT2D eigenvalue weighted by Crippen LogP contribution is 2.30. The minimum Gasteiger partial charge on any atom is -0.338 e. The lowest BCUT2D eigenvalue weighted by Crippen LogP contribution is -2.04. The minimum atomic E-state index is -4.88. The van der Waals surface area contributed by atoms with Gasteiger partial charge >= 0.3 is 0 Å². The van der Waals surface area contributed by atoms with E-state index in [0.717, 1.165) is 6.07 Å². The summed E-state index contributed by atoms with van der Waals surface area (Å²) in [5, 5.41) is 0. The fraction of sp³-hybridized carbons (Fsp3) is 0. The van der Waals surface area contributed by atoms with Crippen LogP contribution in [-0.2, 0) is 30.4 Å². The van der Waals surface area contributed by atoms with Gasteiger partial charge in [0, 0.05) is 11.1 Å². The molecule has 0 unspecified atom stereocenters. The van der Waals surface area contributed by atoms with Crippen molar-refractivity contribution in [2.24, 2.45) is 0 Å². The lowest BCUT2D eigenvalue weighted by Gasteiger charge is -2.02. The van der Waals surface area contributed by atoms with Gasteiger partial charge in [0.2, 0.25) is 0 Å². The van der Waals surface area contributed by atoms with Crippen molar-refractivity contribution < 1.29 is 38.9 Å². The van der Waals surface area contributed by atoms with Crippen molar-refractivity contribution in [2.75, 3.05) is 0 Å². The van der Waals surface area contributed by atoms with E-state index in [-0.39, 0.29) is 27.3 Å². The largest absolute Gasteiger partial charge is 0.338 e. The third kappa shape index (κ3) is 4.25. The normalized spacial score (nSPS) is 13.0. The molecule has 3 aromatic carbocycles. The lowest BCUT2D eigenvalue weighted by molar-refractivity contribution is 0.479. The molecule has 0 spiro atoms. The Labute approximate surface area is 203 Å². The van der Waals surface area contributed by atoms with E-state index in [9.17, 15) is 38.9 Å². The van der Waals surface area contributed by atoms with E-state index >= 15 is 0 Å². The van der Waals surface area contributed by atoms with E-state index in [2.05, 4.69) is 19.9 Å². The SMILES string of the molecule is O=S(=O)(O)c1cc(S(=O)(=O)O)c2nc(-c3ccc(-c4nc5c(S(=O)(=O)O)cccc5[nH]4)cc3)[nH]c2c1. The van der Waals surface area contributed by atoms with E-state index < -0.39 is 40.1 Å². The van der Waals surface area contributed by atoms with Crippen LogP contribution in [0.3, 0.4) is 0 Å². The van der Waals surface area contributed by atoms with Crippen LogP contribution in [0, 0.1) is 0 Å². The minimum absolute atomic E-state index is 0.0590. The second-order valence-electron chi connectivity index (χ2n) is 7.64. The van der Waals surface area contributed by atoms with Crippen LogP contribution in [-0.4, -0.2) is 58.8 Å². The number of imidazole rings is 2. The maximum absolute atomic E-state index is 11.8. The molecule has 5 rings (SSSR count). The Morgan fingerprint density at radius 1 is 0.583 bits per heavy atom. The first-order valence-corrected chi connectivity index (χ1v) is 14.1. The quantitative estimate of drug-likeness (QED) is 0.200. The molecule has 36 heavy (non-hydrogen) atoms. The van der Waals surface area contributed by atoms with E-state index in [4.69, 9.17) is 0 Å². The van der Waals surface area contributed by atoms with E-state index in [1.807, 2.05) is 0 Å². The van der Waals surface area contributed by atoms with Crippen LogP contribution in [0.4, 0.5) is 0 Å². The number of hydrogen-bond acceptors (Lipinski definition) is 8. The summed E-state index contributed by atoms with van der Waals surface area (Å²) < 4.78 is 98.2. The van der Waals surface area contributed by atoms with Crippen LogP contribution >= 0.6 is 0 Å². The van der Waals surface area contributed by atoms with Crippen molar-refractivity contribution >= 4 is 52.4 Å². The average molecular weight is 551 g/mol. The fourth-order valence-electron chi connectivity index (χ4n) is 3.68. The fourth-order valence-corrected chi connectivity index (χ4v) is 5.61. The number of nitrogens with one attached hydrogen (secondary N) is 2. The Balaban J connectivity index is 1.59. The maximum Gasteiger partial charge on any atom is 0.296 e. The number of fused-ring (bicyclic) bond motifs is 2. The highest BCUT2D eigenvalue weighted by Gasteiger charge is 2.23. The molecule has 0 aliphatic heterocycles. The van der Waals surface area contributed by atoms with E-state index in [1.165, 1.54) is 12.1 Å². The molecule has 0 amide bonds. The Hall–Kier alpha value is -3.67. The standard InChI is InChI=1S/C20H14N4O9S3/c25-34(26,27)12-8-14-18(16(9-12)36(31,32)33)24-20(22-14)11-6-4-10(5-7-11)19-21-13-2-1-3-15(17(13)23-19)35(28,29)30/h1-9H,(H,21,23)(H,22,24)(H,25,26,27)(H,28,29,30)(H,31,32,33). The van der Waals surface area contributed by atoms with Gasteiger partial charge in [-0.3, -0.25) is 13.7 Å².